The van der Waals surface area contributed by atoms with Crippen LogP contribution in [0.1, 0.15) is 23.1 Å². The second kappa shape index (κ2) is 4.65. The molecule has 5 nitrogen and oxygen atoms in total. The number of carbonyl (C=O) groups is 1. The van der Waals surface area contributed by atoms with Crippen LogP contribution < -0.4 is 5.69 Å². The summed E-state index contributed by atoms with van der Waals surface area (Å²) in [6.45, 7) is 2.02. The minimum Gasteiger partial charge on any atom is -0.461 e. The first-order chi connectivity index (χ1) is 7.04. The highest BCUT2D eigenvalue weighted by Crippen LogP contribution is 2.11. The van der Waals surface area contributed by atoms with Crippen LogP contribution in [0, 0.1) is 0 Å². The number of rotatable bonds is 3. The lowest BCUT2D eigenvalue weighted by molar-refractivity contribution is 0.0513. The number of hydrogen-bond donors (Lipinski definition) is 0. The van der Waals surface area contributed by atoms with Gasteiger partial charge in [0.15, 0.2) is 5.69 Å². The molecule has 0 saturated carbocycles. The summed E-state index contributed by atoms with van der Waals surface area (Å²) < 4.78 is 7.62. The number of imidazole rings is 1. The molecule has 0 aromatic carbocycles. The van der Waals surface area contributed by atoms with Crippen molar-refractivity contribution in [3.63, 3.8) is 0 Å². The molecule has 0 saturated heterocycles. The molecule has 1 rings (SSSR count). The highest BCUT2D eigenvalue weighted by Gasteiger charge is 2.21. The van der Waals surface area contributed by atoms with E-state index in [9.17, 15) is 9.59 Å². The maximum absolute atomic E-state index is 11.6. The van der Waals surface area contributed by atoms with Crippen LogP contribution in [0.15, 0.2) is 4.79 Å². The molecule has 15 heavy (non-hydrogen) atoms. The van der Waals surface area contributed by atoms with Crippen LogP contribution in [-0.4, -0.2) is 21.7 Å². The van der Waals surface area contributed by atoms with Crippen LogP contribution >= 0.6 is 15.9 Å². The fourth-order valence-electron chi connectivity index (χ4n) is 1.40. The quantitative estimate of drug-likeness (QED) is 0.606. The van der Waals surface area contributed by atoms with Crippen molar-refractivity contribution in [2.45, 2.75) is 12.3 Å². The Morgan fingerprint density at radius 3 is 2.47 bits per heavy atom. The van der Waals surface area contributed by atoms with Gasteiger partial charge in [-0.05, 0) is 6.92 Å². The molecule has 0 spiro atoms. The van der Waals surface area contributed by atoms with Crippen molar-refractivity contribution in [1.82, 2.24) is 9.13 Å². The molecule has 0 aliphatic heterocycles. The van der Waals surface area contributed by atoms with Crippen molar-refractivity contribution in [2.75, 3.05) is 6.61 Å². The van der Waals surface area contributed by atoms with Crippen LogP contribution in [0.4, 0.5) is 0 Å². The van der Waals surface area contributed by atoms with Gasteiger partial charge < -0.3 is 4.74 Å². The molecule has 0 radical (unpaired) electrons. The van der Waals surface area contributed by atoms with Gasteiger partial charge in [0.1, 0.15) is 0 Å². The third kappa shape index (κ3) is 1.99. The van der Waals surface area contributed by atoms with Gasteiger partial charge in [-0.25, -0.2) is 9.59 Å². The van der Waals surface area contributed by atoms with Crippen molar-refractivity contribution >= 4 is 21.9 Å². The van der Waals surface area contributed by atoms with Crippen molar-refractivity contribution in [3.8, 4) is 0 Å². The van der Waals surface area contributed by atoms with Gasteiger partial charge in [0.2, 0.25) is 0 Å². The lowest BCUT2D eigenvalue weighted by Crippen LogP contribution is -2.22. The Labute approximate surface area is 95.8 Å². The molecule has 1 aromatic heterocycles. The third-order valence-electron chi connectivity index (χ3n) is 2.18. The van der Waals surface area contributed by atoms with Crippen LogP contribution in [-0.2, 0) is 24.2 Å². The number of esters is 1. The molecule has 6 heteroatoms. The predicted molar refractivity (Wildman–Crippen MR) is 59.2 cm³/mol. The van der Waals surface area contributed by atoms with E-state index in [1.165, 1.54) is 9.13 Å². The molecule has 1 aromatic rings. The van der Waals surface area contributed by atoms with E-state index in [4.69, 9.17) is 4.74 Å². The van der Waals surface area contributed by atoms with Crippen molar-refractivity contribution in [3.05, 3.63) is 21.9 Å². The standard InChI is InChI=1S/C9H13BrN2O3/c1-4-15-8(13)7-6(5-10)11(2)9(14)12(7)3/h4-5H2,1-3H3. The van der Waals surface area contributed by atoms with E-state index in [-0.39, 0.29) is 5.69 Å². The molecular weight excluding hydrogens is 264 g/mol. The van der Waals surface area contributed by atoms with Crippen LogP contribution in [0.25, 0.3) is 0 Å². The Balaban J connectivity index is 3.33. The number of ether oxygens (including phenoxy) is 1. The zero-order valence-electron chi connectivity index (χ0n) is 8.91. The first kappa shape index (κ1) is 12.0. The Bertz CT molecular complexity index is 433. The lowest BCUT2D eigenvalue weighted by Gasteiger charge is -2.03. The van der Waals surface area contributed by atoms with Gasteiger partial charge in [0, 0.05) is 19.4 Å². The van der Waals surface area contributed by atoms with Crippen LogP contribution in [0.3, 0.4) is 0 Å². The molecule has 0 N–H and O–H groups in total. The molecule has 0 amide bonds. The normalized spacial score (nSPS) is 10.4. The molecule has 0 fully saturated rings. The minimum atomic E-state index is -0.466. The van der Waals surface area contributed by atoms with Crippen molar-refractivity contribution in [2.24, 2.45) is 14.1 Å². The summed E-state index contributed by atoms with van der Waals surface area (Å²) in [5, 5.41) is 0.438. The maximum atomic E-state index is 11.6. The number of aromatic nitrogens is 2. The highest BCUT2D eigenvalue weighted by molar-refractivity contribution is 9.08. The molecule has 0 unspecified atom stereocenters. The van der Waals surface area contributed by atoms with Gasteiger partial charge in [0.25, 0.3) is 0 Å². The first-order valence-electron chi connectivity index (χ1n) is 4.52. The van der Waals surface area contributed by atoms with E-state index in [1.54, 1.807) is 21.0 Å². The van der Waals surface area contributed by atoms with Gasteiger partial charge in [-0.1, -0.05) is 15.9 Å². The zero-order chi connectivity index (χ0) is 11.6. The first-order valence-corrected chi connectivity index (χ1v) is 5.64. The Kier molecular flexibility index (Phi) is 3.73. The highest BCUT2D eigenvalue weighted by atomic mass is 79.9. The Morgan fingerprint density at radius 2 is 2.00 bits per heavy atom. The number of halogens is 1. The average molecular weight is 277 g/mol. The van der Waals surface area contributed by atoms with E-state index in [2.05, 4.69) is 15.9 Å². The van der Waals surface area contributed by atoms with Gasteiger partial charge in [-0.3, -0.25) is 9.13 Å². The second-order valence-corrected chi connectivity index (χ2v) is 3.61. The Morgan fingerprint density at radius 1 is 1.40 bits per heavy atom. The van der Waals surface area contributed by atoms with Crippen LogP contribution in [0.5, 0.6) is 0 Å². The number of carbonyl (C=O) groups excluding carboxylic acids is 1. The summed E-state index contributed by atoms with van der Waals surface area (Å²) in [5.74, 6) is -0.466. The molecule has 0 bridgehead atoms. The summed E-state index contributed by atoms with van der Waals surface area (Å²) in [6.07, 6.45) is 0. The molecule has 1 heterocycles. The maximum Gasteiger partial charge on any atom is 0.356 e. The third-order valence-corrected chi connectivity index (χ3v) is 2.71. The summed E-state index contributed by atoms with van der Waals surface area (Å²) in [5.41, 5.74) is 0.703. The second-order valence-electron chi connectivity index (χ2n) is 3.05. The molecule has 84 valence electrons. The summed E-state index contributed by atoms with van der Waals surface area (Å²) in [7, 11) is 3.18. The monoisotopic (exact) mass is 276 g/mol. The van der Waals surface area contributed by atoms with E-state index in [0.717, 1.165) is 0 Å². The minimum absolute atomic E-state index is 0.229. The topological polar surface area (TPSA) is 53.2 Å². The fraction of sp³-hybridized carbons (Fsp3) is 0.556. The van der Waals surface area contributed by atoms with Gasteiger partial charge >= 0.3 is 11.7 Å². The fourth-order valence-corrected chi connectivity index (χ4v) is 2.04. The Hall–Kier alpha value is -1.04. The van der Waals surface area contributed by atoms with E-state index >= 15 is 0 Å². The largest absolute Gasteiger partial charge is 0.461 e. The van der Waals surface area contributed by atoms with Crippen LogP contribution in [0.2, 0.25) is 0 Å². The molecule has 0 atom stereocenters. The van der Waals surface area contributed by atoms with Gasteiger partial charge in [0.05, 0.1) is 12.3 Å². The molecule has 0 aliphatic rings. The SMILES string of the molecule is CCOC(=O)c1c(CBr)n(C)c(=O)n1C. The number of hydrogen-bond acceptors (Lipinski definition) is 3. The summed E-state index contributed by atoms with van der Waals surface area (Å²) >= 11 is 3.25. The van der Waals surface area contributed by atoms with Crippen molar-refractivity contribution < 1.29 is 9.53 Å². The smallest absolute Gasteiger partial charge is 0.356 e. The molecular formula is C9H13BrN2O3. The van der Waals surface area contributed by atoms with Crippen molar-refractivity contribution in [1.29, 1.82) is 0 Å². The number of nitrogens with zero attached hydrogens (tertiary/aromatic N) is 2. The predicted octanol–water partition coefficient (Wildman–Crippen LogP) is 0.795. The lowest BCUT2D eigenvalue weighted by atomic mass is 10.3. The van der Waals surface area contributed by atoms with Gasteiger partial charge in [-0.2, -0.15) is 0 Å². The summed E-state index contributed by atoms with van der Waals surface area (Å²) in [6, 6.07) is 0. The number of alkyl halides is 1. The van der Waals surface area contributed by atoms with E-state index in [0.29, 0.717) is 23.3 Å². The van der Waals surface area contributed by atoms with Gasteiger partial charge in [-0.15, -0.1) is 0 Å². The van der Waals surface area contributed by atoms with E-state index in [1.807, 2.05) is 0 Å². The zero-order valence-corrected chi connectivity index (χ0v) is 10.5. The average Bonchev–Trinajstić information content (AvgIpc) is 2.42. The van der Waals surface area contributed by atoms with E-state index < -0.39 is 5.97 Å². The molecule has 0 aliphatic carbocycles. The summed E-state index contributed by atoms with van der Waals surface area (Å²) in [4.78, 5) is 23.2.